The molecule has 0 aromatic heterocycles. The third-order valence-corrected chi connectivity index (χ3v) is 2.80. The molecule has 1 aliphatic rings. The van der Waals surface area contributed by atoms with E-state index in [1.165, 1.54) is 19.3 Å². The van der Waals surface area contributed by atoms with Gasteiger partial charge in [0.15, 0.2) is 0 Å². The van der Waals surface area contributed by atoms with Gasteiger partial charge in [-0.1, -0.05) is 6.42 Å². The van der Waals surface area contributed by atoms with Crippen molar-refractivity contribution in [3.63, 3.8) is 0 Å². The van der Waals surface area contributed by atoms with Crippen LogP contribution < -0.4 is 0 Å². The Morgan fingerprint density at radius 3 is 2.71 bits per heavy atom. The zero-order valence-corrected chi connectivity index (χ0v) is 9.29. The van der Waals surface area contributed by atoms with Gasteiger partial charge in [-0.15, -0.1) is 0 Å². The van der Waals surface area contributed by atoms with Gasteiger partial charge in [0.05, 0.1) is 13.0 Å². The molecular weight excluding hydrogens is 178 g/mol. The van der Waals surface area contributed by atoms with Crippen LogP contribution in [0.4, 0.5) is 0 Å². The summed E-state index contributed by atoms with van der Waals surface area (Å²) in [5, 5.41) is 0. The van der Waals surface area contributed by atoms with Crippen molar-refractivity contribution in [2.45, 2.75) is 32.6 Å². The summed E-state index contributed by atoms with van der Waals surface area (Å²) >= 11 is 0. The van der Waals surface area contributed by atoms with Gasteiger partial charge in [-0.3, -0.25) is 4.79 Å². The number of carbonyl (C=O) groups is 1. The van der Waals surface area contributed by atoms with Crippen molar-refractivity contribution in [2.75, 3.05) is 26.7 Å². The van der Waals surface area contributed by atoms with Gasteiger partial charge in [0.25, 0.3) is 0 Å². The van der Waals surface area contributed by atoms with Crippen LogP contribution in [0.2, 0.25) is 0 Å². The standard InChI is InChI=1S/C11H21NO2/c1-3-14-11(13)7-8-12(2)9-10-5-4-6-10/h10H,3-9H2,1-2H3. The Morgan fingerprint density at radius 1 is 1.50 bits per heavy atom. The number of hydrogen-bond acceptors (Lipinski definition) is 3. The average Bonchev–Trinajstić information content (AvgIpc) is 2.09. The maximum absolute atomic E-state index is 11.1. The van der Waals surface area contributed by atoms with Crippen LogP contribution in [0.5, 0.6) is 0 Å². The minimum Gasteiger partial charge on any atom is -0.466 e. The summed E-state index contributed by atoms with van der Waals surface area (Å²) in [6.07, 6.45) is 4.64. The Labute approximate surface area is 86.4 Å². The van der Waals surface area contributed by atoms with Gasteiger partial charge in [0.2, 0.25) is 0 Å². The monoisotopic (exact) mass is 199 g/mol. The van der Waals surface area contributed by atoms with Gasteiger partial charge in [-0.05, 0) is 32.7 Å². The summed E-state index contributed by atoms with van der Waals surface area (Å²) in [6, 6.07) is 0. The first-order chi connectivity index (χ1) is 6.72. The van der Waals surface area contributed by atoms with Gasteiger partial charge in [-0.2, -0.15) is 0 Å². The van der Waals surface area contributed by atoms with Crippen LogP contribution in [0, 0.1) is 5.92 Å². The maximum atomic E-state index is 11.1. The lowest BCUT2D eigenvalue weighted by molar-refractivity contribution is -0.143. The fourth-order valence-electron chi connectivity index (χ4n) is 1.72. The van der Waals surface area contributed by atoms with E-state index in [4.69, 9.17) is 4.74 Å². The summed E-state index contributed by atoms with van der Waals surface area (Å²) in [6.45, 7) is 4.30. The highest BCUT2D eigenvalue weighted by Crippen LogP contribution is 2.26. The average molecular weight is 199 g/mol. The summed E-state index contributed by atoms with van der Waals surface area (Å²) in [7, 11) is 2.08. The molecule has 0 N–H and O–H groups in total. The largest absolute Gasteiger partial charge is 0.466 e. The molecule has 0 bridgehead atoms. The molecule has 3 nitrogen and oxygen atoms in total. The molecule has 0 saturated heterocycles. The topological polar surface area (TPSA) is 29.5 Å². The van der Waals surface area contributed by atoms with Gasteiger partial charge < -0.3 is 9.64 Å². The number of nitrogens with zero attached hydrogens (tertiary/aromatic N) is 1. The first-order valence-corrected chi connectivity index (χ1v) is 5.56. The lowest BCUT2D eigenvalue weighted by Gasteiger charge is -2.29. The molecule has 1 aliphatic carbocycles. The van der Waals surface area contributed by atoms with E-state index in [1.54, 1.807) is 0 Å². The van der Waals surface area contributed by atoms with E-state index in [9.17, 15) is 4.79 Å². The zero-order valence-electron chi connectivity index (χ0n) is 9.29. The highest BCUT2D eigenvalue weighted by molar-refractivity contribution is 5.69. The first kappa shape index (κ1) is 11.5. The Morgan fingerprint density at radius 2 is 2.21 bits per heavy atom. The SMILES string of the molecule is CCOC(=O)CCN(C)CC1CCC1. The molecule has 0 heterocycles. The number of esters is 1. The Balaban J connectivity index is 2.01. The number of ether oxygens (including phenoxy) is 1. The minimum atomic E-state index is -0.0760. The van der Waals surface area contributed by atoms with E-state index in [0.29, 0.717) is 13.0 Å². The van der Waals surface area contributed by atoms with Gasteiger partial charge in [-0.25, -0.2) is 0 Å². The fourth-order valence-corrected chi connectivity index (χ4v) is 1.72. The molecule has 0 aromatic carbocycles. The van der Waals surface area contributed by atoms with Crippen LogP contribution in [-0.4, -0.2) is 37.6 Å². The van der Waals surface area contributed by atoms with Crippen molar-refractivity contribution in [3.05, 3.63) is 0 Å². The van der Waals surface area contributed by atoms with E-state index >= 15 is 0 Å². The second-order valence-corrected chi connectivity index (χ2v) is 4.11. The van der Waals surface area contributed by atoms with Crippen molar-refractivity contribution in [2.24, 2.45) is 5.92 Å². The molecule has 3 heteroatoms. The first-order valence-electron chi connectivity index (χ1n) is 5.56. The summed E-state index contributed by atoms with van der Waals surface area (Å²) < 4.78 is 4.87. The van der Waals surface area contributed by atoms with Crippen molar-refractivity contribution >= 4 is 5.97 Å². The molecule has 0 aliphatic heterocycles. The molecule has 0 atom stereocenters. The van der Waals surface area contributed by atoms with E-state index in [-0.39, 0.29) is 5.97 Å². The molecular formula is C11H21NO2. The number of rotatable bonds is 6. The summed E-state index contributed by atoms with van der Waals surface area (Å²) in [5.41, 5.74) is 0. The maximum Gasteiger partial charge on any atom is 0.307 e. The van der Waals surface area contributed by atoms with Crippen LogP contribution in [0.1, 0.15) is 32.6 Å². The van der Waals surface area contributed by atoms with Crippen LogP contribution >= 0.6 is 0 Å². The van der Waals surface area contributed by atoms with Crippen molar-refractivity contribution in [1.29, 1.82) is 0 Å². The molecule has 14 heavy (non-hydrogen) atoms. The molecule has 1 saturated carbocycles. The predicted molar refractivity (Wildman–Crippen MR) is 56.1 cm³/mol. The lowest BCUT2D eigenvalue weighted by Crippen LogP contribution is -2.31. The normalized spacial score (nSPS) is 16.8. The van der Waals surface area contributed by atoms with E-state index < -0.39 is 0 Å². The summed E-state index contributed by atoms with van der Waals surface area (Å²) in [4.78, 5) is 13.3. The fraction of sp³-hybridized carbons (Fsp3) is 0.909. The highest BCUT2D eigenvalue weighted by Gasteiger charge is 2.19. The predicted octanol–water partition coefficient (Wildman–Crippen LogP) is 1.67. The Kier molecular flexibility index (Phi) is 4.94. The van der Waals surface area contributed by atoms with Crippen molar-refractivity contribution in [3.8, 4) is 0 Å². The molecule has 0 amide bonds. The molecule has 0 unspecified atom stereocenters. The number of hydrogen-bond donors (Lipinski definition) is 0. The molecule has 0 spiro atoms. The van der Waals surface area contributed by atoms with Crippen LogP contribution in [0.3, 0.4) is 0 Å². The second-order valence-electron chi connectivity index (χ2n) is 4.11. The molecule has 1 rings (SSSR count). The van der Waals surface area contributed by atoms with Gasteiger partial charge in [0, 0.05) is 13.1 Å². The Bertz CT molecular complexity index is 178. The minimum absolute atomic E-state index is 0.0760. The van der Waals surface area contributed by atoms with E-state index in [2.05, 4.69) is 11.9 Å². The summed E-state index contributed by atoms with van der Waals surface area (Å²) in [5.74, 6) is 0.801. The van der Waals surface area contributed by atoms with Crippen LogP contribution in [0.25, 0.3) is 0 Å². The van der Waals surface area contributed by atoms with Crippen molar-refractivity contribution < 1.29 is 9.53 Å². The van der Waals surface area contributed by atoms with Gasteiger partial charge in [0.1, 0.15) is 0 Å². The third-order valence-electron chi connectivity index (χ3n) is 2.80. The van der Waals surface area contributed by atoms with Gasteiger partial charge >= 0.3 is 5.97 Å². The molecule has 82 valence electrons. The van der Waals surface area contributed by atoms with E-state index in [1.807, 2.05) is 6.92 Å². The van der Waals surface area contributed by atoms with Crippen molar-refractivity contribution in [1.82, 2.24) is 4.90 Å². The van der Waals surface area contributed by atoms with Crippen LogP contribution in [-0.2, 0) is 9.53 Å². The molecule has 0 radical (unpaired) electrons. The van der Waals surface area contributed by atoms with E-state index in [0.717, 1.165) is 19.0 Å². The zero-order chi connectivity index (χ0) is 10.4. The molecule has 0 aromatic rings. The molecule has 1 fully saturated rings. The third kappa shape index (κ3) is 4.09. The quantitative estimate of drug-likeness (QED) is 0.609. The smallest absolute Gasteiger partial charge is 0.307 e. The Hall–Kier alpha value is -0.570. The second kappa shape index (κ2) is 6.02. The lowest BCUT2D eigenvalue weighted by atomic mass is 9.85. The number of carbonyl (C=O) groups excluding carboxylic acids is 1. The van der Waals surface area contributed by atoms with Crippen LogP contribution in [0.15, 0.2) is 0 Å². The highest BCUT2D eigenvalue weighted by atomic mass is 16.5.